The average molecular weight is 414 g/mol. The number of ether oxygens (including phenoxy) is 3. The Labute approximate surface area is 163 Å². The van der Waals surface area contributed by atoms with Gasteiger partial charge in [0.1, 0.15) is 12.4 Å². The molecule has 10 heteroatoms. The second-order valence-electron chi connectivity index (χ2n) is 5.32. The lowest BCUT2D eigenvalue weighted by Crippen LogP contribution is -2.12. The Balaban J connectivity index is 2.39. The highest BCUT2D eigenvalue weighted by atomic mass is 32.2. The van der Waals surface area contributed by atoms with E-state index in [4.69, 9.17) is 9.47 Å². The normalized spacial score (nSPS) is 11.1. The zero-order valence-corrected chi connectivity index (χ0v) is 16.1. The van der Waals surface area contributed by atoms with Crippen LogP contribution in [0.25, 0.3) is 5.57 Å². The maximum Gasteiger partial charge on any atom is 0.433 e. The lowest BCUT2D eigenvalue weighted by atomic mass is 10.0. The molecule has 0 unspecified atom stereocenters. The van der Waals surface area contributed by atoms with Gasteiger partial charge in [-0.1, -0.05) is 30.5 Å². The number of rotatable bonds is 7. The Morgan fingerprint density at radius 3 is 2.54 bits per heavy atom. The van der Waals surface area contributed by atoms with Crippen LogP contribution < -0.4 is 9.47 Å². The van der Waals surface area contributed by atoms with E-state index in [1.807, 2.05) is 0 Å². The molecular weight excluding hydrogens is 397 g/mol. The molecule has 0 amide bonds. The molecule has 0 fully saturated rings. The maximum absolute atomic E-state index is 13.0. The van der Waals surface area contributed by atoms with Gasteiger partial charge in [0.15, 0.2) is 10.9 Å². The molecule has 0 saturated carbocycles. The minimum Gasteiger partial charge on any atom is -0.496 e. The highest BCUT2D eigenvalue weighted by molar-refractivity contribution is 7.98. The third-order valence-electron chi connectivity index (χ3n) is 3.63. The fourth-order valence-electron chi connectivity index (χ4n) is 2.28. The molecular formula is C18H17F3N2O4S. The van der Waals surface area contributed by atoms with Gasteiger partial charge < -0.3 is 14.2 Å². The average Bonchev–Trinajstić information content (AvgIpc) is 2.69. The van der Waals surface area contributed by atoms with E-state index in [1.54, 1.807) is 24.5 Å². The summed E-state index contributed by atoms with van der Waals surface area (Å²) in [7, 11) is 2.63. The molecule has 0 spiro atoms. The van der Waals surface area contributed by atoms with Crippen molar-refractivity contribution in [1.82, 2.24) is 9.97 Å². The molecule has 2 aromatic rings. The van der Waals surface area contributed by atoms with Crippen LogP contribution in [0.15, 0.2) is 36.0 Å². The standard InChI is InChI=1S/C18H17F3N2O4S/c1-10(16(24)26-3)11-6-5-7-13(25-2)12(11)9-27-15-8-14(18(19,20)21)22-17(23-15)28-4/h5-8H,1,9H2,2-4H3. The first-order valence-corrected chi connectivity index (χ1v) is 9.00. The second-order valence-corrected chi connectivity index (χ2v) is 6.09. The largest absolute Gasteiger partial charge is 0.496 e. The van der Waals surface area contributed by atoms with Gasteiger partial charge in [-0.25, -0.2) is 9.78 Å². The van der Waals surface area contributed by atoms with Crippen LogP contribution in [0.3, 0.4) is 0 Å². The summed E-state index contributed by atoms with van der Waals surface area (Å²) < 4.78 is 54.5. The molecule has 0 bridgehead atoms. The minimum atomic E-state index is -4.64. The van der Waals surface area contributed by atoms with Gasteiger partial charge >= 0.3 is 12.1 Å². The van der Waals surface area contributed by atoms with Crippen molar-refractivity contribution in [3.05, 3.63) is 47.7 Å². The second kappa shape index (κ2) is 8.96. The number of carbonyl (C=O) groups is 1. The van der Waals surface area contributed by atoms with Gasteiger partial charge in [0, 0.05) is 11.6 Å². The summed E-state index contributed by atoms with van der Waals surface area (Å²) in [5.41, 5.74) is -0.246. The van der Waals surface area contributed by atoms with Gasteiger partial charge in [0.2, 0.25) is 5.88 Å². The number of aromatic nitrogens is 2. The molecule has 0 aliphatic rings. The molecule has 0 N–H and O–H groups in total. The first-order valence-electron chi connectivity index (χ1n) is 7.77. The number of thioether (sulfide) groups is 1. The molecule has 6 nitrogen and oxygen atoms in total. The molecule has 0 aliphatic heterocycles. The Morgan fingerprint density at radius 1 is 1.25 bits per heavy atom. The van der Waals surface area contributed by atoms with Crippen molar-refractivity contribution in [2.45, 2.75) is 17.9 Å². The van der Waals surface area contributed by atoms with Crippen molar-refractivity contribution in [2.24, 2.45) is 0 Å². The Hall–Kier alpha value is -2.75. The van der Waals surface area contributed by atoms with Crippen LogP contribution >= 0.6 is 11.8 Å². The van der Waals surface area contributed by atoms with Crippen LogP contribution in [0.1, 0.15) is 16.8 Å². The molecule has 1 aromatic heterocycles. The predicted octanol–water partition coefficient (Wildman–Crippen LogP) is 3.99. The van der Waals surface area contributed by atoms with E-state index in [-0.39, 0.29) is 23.2 Å². The van der Waals surface area contributed by atoms with E-state index in [9.17, 15) is 18.0 Å². The zero-order valence-electron chi connectivity index (χ0n) is 15.3. The lowest BCUT2D eigenvalue weighted by Gasteiger charge is -2.16. The van der Waals surface area contributed by atoms with Crippen molar-refractivity contribution < 1.29 is 32.2 Å². The van der Waals surface area contributed by atoms with Gasteiger partial charge in [0.05, 0.1) is 19.8 Å². The van der Waals surface area contributed by atoms with Gasteiger partial charge in [-0.05, 0) is 17.9 Å². The SMILES string of the molecule is C=C(C(=O)OC)c1cccc(OC)c1COc1cc(C(F)(F)F)nc(SC)n1. The molecule has 28 heavy (non-hydrogen) atoms. The molecule has 1 heterocycles. The van der Waals surface area contributed by atoms with Crippen molar-refractivity contribution in [2.75, 3.05) is 20.5 Å². The van der Waals surface area contributed by atoms with Crippen LogP contribution in [0, 0.1) is 0 Å². The summed E-state index contributed by atoms with van der Waals surface area (Å²) in [5, 5.41) is -0.0796. The summed E-state index contributed by atoms with van der Waals surface area (Å²) >= 11 is 0.955. The van der Waals surface area contributed by atoms with Crippen molar-refractivity contribution in [1.29, 1.82) is 0 Å². The first-order chi connectivity index (χ1) is 13.2. The number of halogens is 3. The number of benzene rings is 1. The van der Waals surface area contributed by atoms with Crippen molar-refractivity contribution >= 4 is 23.3 Å². The number of esters is 1. The summed E-state index contributed by atoms with van der Waals surface area (Å²) in [6.07, 6.45) is -3.09. The highest BCUT2D eigenvalue weighted by Gasteiger charge is 2.34. The van der Waals surface area contributed by atoms with Crippen molar-refractivity contribution in [3.63, 3.8) is 0 Å². The Kier molecular flexibility index (Phi) is 6.90. The zero-order chi connectivity index (χ0) is 20.9. The fraction of sp³-hybridized carbons (Fsp3) is 0.278. The van der Waals surface area contributed by atoms with E-state index in [0.29, 0.717) is 22.9 Å². The first kappa shape index (κ1) is 21.5. The Morgan fingerprint density at radius 2 is 1.96 bits per heavy atom. The van der Waals surface area contributed by atoms with Crippen LogP contribution in [0.4, 0.5) is 13.2 Å². The van der Waals surface area contributed by atoms with Crippen molar-refractivity contribution in [3.8, 4) is 11.6 Å². The van der Waals surface area contributed by atoms with Crippen LogP contribution in [0.5, 0.6) is 11.6 Å². The van der Waals surface area contributed by atoms with E-state index in [2.05, 4.69) is 21.3 Å². The molecule has 150 valence electrons. The maximum atomic E-state index is 13.0. The topological polar surface area (TPSA) is 70.5 Å². The van der Waals surface area contributed by atoms with Gasteiger partial charge in [-0.3, -0.25) is 0 Å². The molecule has 2 rings (SSSR count). The molecule has 0 saturated heterocycles. The van der Waals surface area contributed by atoms with E-state index in [0.717, 1.165) is 11.8 Å². The lowest BCUT2D eigenvalue weighted by molar-refractivity contribution is -0.141. The quantitative estimate of drug-likeness (QED) is 0.294. The van der Waals surface area contributed by atoms with Crippen LogP contribution in [-0.2, 0) is 22.3 Å². The van der Waals surface area contributed by atoms with Crippen LogP contribution in [-0.4, -0.2) is 36.4 Å². The summed E-state index contributed by atoms with van der Waals surface area (Å²) in [5.74, 6) is -0.537. The Bertz CT molecular complexity index is 888. The minimum absolute atomic E-state index is 0.0588. The van der Waals surface area contributed by atoms with Crippen LogP contribution in [0.2, 0.25) is 0 Å². The van der Waals surface area contributed by atoms with E-state index >= 15 is 0 Å². The summed E-state index contributed by atoms with van der Waals surface area (Å²) in [4.78, 5) is 19.2. The fourth-order valence-corrected chi connectivity index (χ4v) is 2.65. The number of alkyl halides is 3. The third-order valence-corrected chi connectivity index (χ3v) is 4.18. The van der Waals surface area contributed by atoms with Gasteiger partial charge in [-0.2, -0.15) is 18.2 Å². The molecule has 0 atom stereocenters. The monoisotopic (exact) mass is 414 g/mol. The molecule has 0 radical (unpaired) electrons. The van der Waals surface area contributed by atoms with E-state index < -0.39 is 17.8 Å². The van der Waals surface area contributed by atoms with Gasteiger partial charge in [0.25, 0.3) is 0 Å². The molecule has 0 aliphatic carbocycles. The number of hydrogen-bond acceptors (Lipinski definition) is 7. The number of nitrogens with zero attached hydrogens (tertiary/aromatic N) is 2. The summed E-state index contributed by atoms with van der Waals surface area (Å²) in [6.45, 7) is 3.49. The summed E-state index contributed by atoms with van der Waals surface area (Å²) in [6, 6.07) is 5.59. The smallest absolute Gasteiger partial charge is 0.433 e. The number of methoxy groups -OCH3 is 2. The molecule has 1 aromatic carbocycles. The highest BCUT2D eigenvalue weighted by Crippen LogP contribution is 2.32. The number of hydrogen-bond donors (Lipinski definition) is 0. The third kappa shape index (κ3) is 4.94. The van der Waals surface area contributed by atoms with E-state index in [1.165, 1.54) is 14.2 Å². The predicted molar refractivity (Wildman–Crippen MR) is 97.2 cm³/mol. The van der Waals surface area contributed by atoms with Gasteiger partial charge in [-0.15, -0.1) is 0 Å². The number of carbonyl (C=O) groups excluding carboxylic acids is 1.